The zero-order chi connectivity index (χ0) is 21.5. The van der Waals surface area contributed by atoms with E-state index >= 15 is 0 Å². The second-order valence-electron chi connectivity index (χ2n) is 8.80. The highest BCUT2D eigenvalue weighted by Crippen LogP contribution is 2.36. The first-order chi connectivity index (χ1) is 14.3. The summed E-state index contributed by atoms with van der Waals surface area (Å²) in [5, 5.41) is 26.3. The second kappa shape index (κ2) is 7.72. The Morgan fingerprint density at radius 2 is 1.93 bits per heavy atom. The number of phenols is 1. The Hall–Kier alpha value is -2.93. The highest BCUT2D eigenvalue weighted by molar-refractivity contribution is 5.74. The van der Waals surface area contributed by atoms with Crippen LogP contribution in [0, 0.1) is 5.92 Å². The summed E-state index contributed by atoms with van der Waals surface area (Å²) in [6, 6.07) is 11.6. The van der Waals surface area contributed by atoms with Gasteiger partial charge in [-0.1, -0.05) is 6.92 Å². The van der Waals surface area contributed by atoms with Crippen molar-refractivity contribution >= 4 is 5.82 Å². The van der Waals surface area contributed by atoms with Crippen molar-refractivity contribution in [1.29, 1.82) is 0 Å². The maximum atomic E-state index is 10.4. The molecule has 7 nitrogen and oxygen atoms in total. The quantitative estimate of drug-likeness (QED) is 0.686. The van der Waals surface area contributed by atoms with Crippen LogP contribution < -0.4 is 4.90 Å². The lowest BCUT2D eigenvalue weighted by Crippen LogP contribution is -2.59. The van der Waals surface area contributed by atoms with E-state index in [1.54, 1.807) is 12.3 Å². The molecule has 3 heterocycles. The minimum atomic E-state index is 0.128. The Morgan fingerprint density at radius 1 is 1.13 bits per heavy atom. The van der Waals surface area contributed by atoms with Crippen molar-refractivity contribution in [2.45, 2.75) is 38.8 Å². The molecule has 158 valence electrons. The summed E-state index contributed by atoms with van der Waals surface area (Å²) in [6.07, 6.45) is 2.87. The van der Waals surface area contributed by atoms with Crippen molar-refractivity contribution in [3.63, 3.8) is 0 Å². The lowest BCUT2D eigenvalue weighted by atomic mass is 9.77. The number of phenolic OH excluding ortho intramolecular Hbond substituents is 1. The maximum absolute atomic E-state index is 10.4. The van der Waals surface area contributed by atoms with Gasteiger partial charge < -0.3 is 14.9 Å². The molecule has 0 saturated carbocycles. The van der Waals surface area contributed by atoms with Gasteiger partial charge in [-0.3, -0.25) is 5.10 Å². The molecule has 0 spiro atoms. The molecule has 2 atom stereocenters. The van der Waals surface area contributed by atoms with Gasteiger partial charge in [0.2, 0.25) is 0 Å². The molecule has 7 heteroatoms. The van der Waals surface area contributed by atoms with Crippen molar-refractivity contribution in [1.82, 2.24) is 25.3 Å². The van der Waals surface area contributed by atoms with Crippen molar-refractivity contribution in [2.24, 2.45) is 5.92 Å². The molecule has 0 bridgehead atoms. The number of aromatic amines is 1. The fraction of sp³-hybridized carbons (Fsp3) is 0.435. The predicted molar refractivity (Wildman–Crippen MR) is 119 cm³/mol. The van der Waals surface area contributed by atoms with Crippen molar-refractivity contribution in [2.75, 3.05) is 25.5 Å². The second-order valence-corrected chi connectivity index (χ2v) is 8.80. The fourth-order valence-corrected chi connectivity index (χ4v) is 4.36. The summed E-state index contributed by atoms with van der Waals surface area (Å²) < 4.78 is 0. The van der Waals surface area contributed by atoms with E-state index in [1.165, 1.54) is 0 Å². The van der Waals surface area contributed by atoms with Crippen LogP contribution in [-0.4, -0.2) is 62.6 Å². The van der Waals surface area contributed by atoms with Crippen LogP contribution in [0.2, 0.25) is 0 Å². The van der Waals surface area contributed by atoms with Gasteiger partial charge in [0.25, 0.3) is 0 Å². The average Bonchev–Trinajstić information content (AvgIpc) is 3.28. The van der Waals surface area contributed by atoms with Gasteiger partial charge in [0.1, 0.15) is 5.75 Å². The maximum Gasteiger partial charge on any atom is 0.151 e. The number of aromatic nitrogens is 4. The fourth-order valence-electron chi connectivity index (χ4n) is 4.36. The molecule has 2 unspecified atom stereocenters. The van der Waals surface area contributed by atoms with Gasteiger partial charge in [0.15, 0.2) is 5.82 Å². The summed E-state index contributed by atoms with van der Waals surface area (Å²) in [5.41, 5.74) is 3.14. The number of benzene rings is 1. The van der Waals surface area contributed by atoms with Crippen LogP contribution >= 0.6 is 0 Å². The zero-order valence-corrected chi connectivity index (χ0v) is 18.3. The first kappa shape index (κ1) is 20.3. The number of H-pyrrole nitrogens is 1. The highest BCUT2D eigenvalue weighted by Gasteiger charge is 2.41. The van der Waals surface area contributed by atoms with Gasteiger partial charge in [0, 0.05) is 42.5 Å². The van der Waals surface area contributed by atoms with E-state index in [0.29, 0.717) is 23.2 Å². The molecule has 1 aromatic carbocycles. The molecule has 3 aromatic rings. The van der Waals surface area contributed by atoms with Gasteiger partial charge in [-0.05, 0) is 69.6 Å². The van der Waals surface area contributed by atoms with E-state index in [2.05, 4.69) is 65.1 Å². The number of piperidine rings is 1. The van der Waals surface area contributed by atoms with E-state index in [9.17, 15) is 5.11 Å². The topological polar surface area (TPSA) is 81.2 Å². The zero-order valence-electron chi connectivity index (χ0n) is 18.3. The molecular formula is C23H30N6O. The molecule has 4 rings (SSSR count). The first-order valence-corrected chi connectivity index (χ1v) is 10.4. The van der Waals surface area contributed by atoms with Crippen LogP contribution in [0.3, 0.4) is 0 Å². The third-order valence-corrected chi connectivity index (χ3v) is 7.01. The standard InChI is InChI=1S/C23H30N6O/c1-15-20(11-13-28(4)23(15,2)3)29(5)22-9-7-19(26-27-22)17-14-16(6-8-21(17)30)18-10-12-24-25-18/h6-10,12,14-15,20,30H,11,13H2,1-5H3,(H,24,25). The average molecular weight is 407 g/mol. The molecule has 1 fully saturated rings. The van der Waals surface area contributed by atoms with Crippen LogP contribution in [0.15, 0.2) is 42.6 Å². The summed E-state index contributed by atoms with van der Waals surface area (Å²) in [4.78, 5) is 4.68. The van der Waals surface area contributed by atoms with Crippen LogP contribution in [0.25, 0.3) is 22.5 Å². The molecule has 1 aliphatic heterocycles. The van der Waals surface area contributed by atoms with E-state index in [-0.39, 0.29) is 11.3 Å². The third-order valence-electron chi connectivity index (χ3n) is 7.01. The molecular weight excluding hydrogens is 376 g/mol. The van der Waals surface area contributed by atoms with E-state index in [1.807, 2.05) is 30.3 Å². The normalized spacial score (nSPS) is 21.5. The summed E-state index contributed by atoms with van der Waals surface area (Å²) >= 11 is 0. The van der Waals surface area contributed by atoms with Crippen molar-refractivity contribution in [3.05, 3.63) is 42.6 Å². The van der Waals surface area contributed by atoms with Crippen LogP contribution in [-0.2, 0) is 0 Å². The largest absolute Gasteiger partial charge is 0.507 e. The molecule has 30 heavy (non-hydrogen) atoms. The van der Waals surface area contributed by atoms with Crippen LogP contribution in [0.1, 0.15) is 27.2 Å². The van der Waals surface area contributed by atoms with Crippen molar-refractivity contribution in [3.8, 4) is 28.3 Å². The van der Waals surface area contributed by atoms with Crippen molar-refractivity contribution < 1.29 is 5.11 Å². The summed E-state index contributed by atoms with van der Waals surface area (Å²) in [6.45, 7) is 7.99. The number of rotatable bonds is 4. The Morgan fingerprint density at radius 3 is 2.60 bits per heavy atom. The molecule has 0 amide bonds. The Labute approximate surface area is 177 Å². The highest BCUT2D eigenvalue weighted by atomic mass is 16.3. The van der Waals surface area contributed by atoms with E-state index in [0.717, 1.165) is 30.0 Å². The predicted octanol–water partition coefficient (Wildman–Crippen LogP) is 3.79. The summed E-state index contributed by atoms with van der Waals surface area (Å²) in [7, 11) is 4.30. The van der Waals surface area contributed by atoms with Gasteiger partial charge >= 0.3 is 0 Å². The Balaban J connectivity index is 1.58. The number of likely N-dealkylation sites (tertiary alicyclic amines) is 1. The third kappa shape index (κ3) is 3.54. The minimum absolute atomic E-state index is 0.128. The molecule has 2 N–H and O–H groups in total. The molecule has 1 aliphatic rings. The molecule has 2 aromatic heterocycles. The van der Waals surface area contributed by atoms with Crippen LogP contribution in [0.4, 0.5) is 5.82 Å². The first-order valence-electron chi connectivity index (χ1n) is 10.4. The van der Waals surface area contributed by atoms with Gasteiger partial charge in [-0.25, -0.2) is 0 Å². The Bertz CT molecular complexity index is 999. The van der Waals surface area contributed by atoms with E-state index < -0.39 is 0 Å². The number of aromatic hydroxyl groups is 1. The van der Waals surface area contributed by atoms with Gasteiger partial charge in [-0.15, -0.1) is 10.2 Å². The Kier molecular flexibility index (Phi) is 5.24. The summed E-state index contributed by atoms with van der Waals surface area (Å²) in [5.74, 6) is 1.51. The molecule has 0 aliphatic carbocycles. The van der Waals surface area contributed by atoms with Crippen LogP contribution in [0.5, 0.6) is 5.75 Å². The number of hydrogen-bond donors (Lipinski definition) is 2. The number of hydrogen-bond acceptors (Lipinski definition) is 6. The molecule has 1 saturated heterocycles. The lowest BCUT2D eigenvalue weighted by Gasteiger charge is -2.51. The van der Waals surface area contributed by atoms with E-state index in [4.69, 9.17) is 0 Å². The smallest absolute Gasteiger partial charge is 0.151 e. The number of anilines is 1. The SMILES string of the molecule is CC1C(N(C)c2ccc(-c3cc(-c4cc[nH]n4)ccc3O)nn2)CCN(C)C1(C)C. The molecule has 0 radical (unpaired) electrons. The lowest BCUT2D eigenvalue weighted by molar-refractivity contribution is 0.0391. The number of nitrogens with zero attached hydrogens (tertiary/aromatic N) is 5. The monoisotopic (exact) mass is 406 g/mol. The number of nitrogens with one attached hydrogen (secondary N) is 1. The minimum Gasteiger partial charge on any atom is -0.507 e. The van der Waals surface area contributed by atoms with Gasteiger partial charge in [-0.2, -0.15) is 5.10 Å². The van der Waals surface area contributed by atoms with Gasteiger partial charge in [0.05, 0.1) is 11.4 Å².